The van der Waals surface area contributed by atoms with Gasteiger partial charge in [-0.25, -0.2) is 4.98 Å². The first-order chi connectivity index (χ1) is 6.79. The second kappa shape index (κ2) is 4.62. The van der Waals surface area contributed by atoms with Crippen LogP contribution in [-0.4, -0.2) is 10.9 Å². The fourth-order valence-corrected chi connectivity index (χ4v) is 3.24. The molecule has 2 heterocycles. The molecule has 0 saturated heterocycles. The molecule has 0 bridgehead atoms. The van der Waals surface area contributed by atoms with Crippen LogP contribution in [0.2, 0.25) is 4.34 Å². The van der Waals surface area contributed by atoms with Crippen molar-refractivity contribution in [2.45, 2.75) is 6.42 Å². The quantitative estimate of drug-likeness (QED) is 0.753. The number of alkyl halides is 1. The Kier molecular flexibility index (Phi) is 3.44. The molecule has 0 amide bonds. The van der Waals surface area contributed by atoms with E-state index in [0.29, 0.717) is 5.88 Å². The van der Waals surface area contributed by atoms with E-state index in [1.807, 2.05) is 17.5 Å². The lowest BCUT2D eigenvalue weighted by Crippen LogP contribution is -1.83. The van der Waals surface area contributed by atoms with Crippen molar-refractivity contribution in [2.24, 2.45) is 0 Å². The molecule has 0 aliphatic rings. The summed E-state index contributed by atoms with van der Waals surface area (Å²) in [5.41, 5.74) is 1.01. The van der Waals surface area contributed by atoms with E-state index < -0.39 is 0 Å². The van der Waals surface area contributed by atoms with Crippen molar-refractivity contribution in [1.29, 1.82) is 0 Å². The van der Waals surface area contributed by atoms with Gasteiger partial charge in [-0.15, -0.1) is 34.3 Å². The number of aromatic nitrogens is 1. The van der Waals surface area contributed by atoms with E-state index in [4.69, 9.17) is 23.2 Å². The average molecular weight is 264 g/mol. The Morgan fingerprint density at radius 3 is 2.86 bits per heavy atom. The molecule has 0 aliphatic carbocycles. The lowest BCUT2D eigenvalue weighted by Gasteiger charge is -1.88. The minimum absolute atomic E-state index is 0.623. The van der Waals surface area contributed by atoms with Gasteiger partial charge in [0.05, 0.1) is 19.9 Å². The summed E-state index contributed by atoms with van der Waals surface area (Å²) in [6.45, 7) is 0. The first-order valence-corrected chi connectivity index (χ1v) is 6.66. The summed E-state index contributed by atoms with van der Waals surface area (Å²) >= 11 is 14.7. The molecule has 2 aromatic rings. The maximum atomic E-state index is 5.85. The van der Waals surface area contributed by atoms with Gasteiger partial charge >= 0.3 is 0 Å². The average Bonchev–Trinajstić information content (AvgIpc) is 2.74. The number of rotatable bonds is 3. The number of thiophene rings is 1. The van der Waals surface area contributed by atoms with Gasteiger partial charge in [0.15, 0.2) is 0 Å². The van der Waals surface area contributed by atoms with E-state index in [2.05, 4.69) is 4.98 Å². The smallest absolute Gasteiger partial charge is 0.0944 e. The number of halogens is 2. The number of hydrogen-bond donors (Lipinski definition) is 0. The minimum atomic E-state index is 0.623. The van der Waals surface area contributed by atoms with Gasteiger partial charge in [-0.1, -0.05) is 11.6 Å². The van der Waals surface area contributed by atoms with E-state index in [0.717, 1.165) is 26.3 Å². The molecule has 0 aliphatic heterocycles. The lowest BCUT2D eigenvalue weighted by molar-refractivity contribution is 1.11. The van der Waals surface area contributed by atoms with Crippen LogP contribution in [0.25, 0.3) is 10.6 Å². The molecule has 74 valence electrons. The maximum absolute atomic E-state index is 5.85. The van der Waals surface area contributed by atoms with Gasteiger partial charge in [-0.05, 0) is 12.1 Å². The van der Waals surface area contributed by atoms with Crippen LogP contribution in [0.3, 0.4) is 0 Å². The second-order valence-electron chi connectivity index (χ2n) is 2.67. The summed E-state index contributed by atoms with van der Waals surface area (Å²) in [5, 5.41) is 3.13. The molecule has 5 heteroatoms. The summed E-state index contributed by atoms with van der Waals surface area (Å²) < 4.78 is 0.798. The SMILES string of the molecule is ClCCc1nc(-c2ccc(Cl)s2)cs1. The standard InChI is InChI=1S/C9H7Cl2NS2/c10-4-3-9-12-6(5-13-9)7-1-2-8(11)14-7/h1-2,5H,3-4H2. The highest BCUT2D eigenvalue weighted by Gasteiger charge is 2.06. The van der Waals surface area contributed by atoms with Crippen molar-refractivity contribution >= 4 is 45.9 Å². The Balaban J connectivity index is 2.24. The zero-order valence-electron chi connectivity index (χ0n) is 7.17. The Morgan fingerprint density at radius 1 is 1.36 bits per heavy atom. The molecule has 1 nitrogen and oxygen atoms in total. The Labute approximate surface area is 100 Å². The fraction of sp³-hybridized carbons (Fsp3) is 0.222. The largest absolute Gasteiger partial charge is 0.240 e. The molecule has 2 rings (SSSR count). The number of hydrogen-bond acceptors (Lipinski definition) is 3. The van der Waals surface area contributed by atoms with Gasteiger partial charge in [-0.2, -0.15) is 0 Å². The third kappa shape index (κ3) is 2.28. The van der Waals surface area contributed by atoms with Gasteiger partial charge in [0.1, 0.15) is 0 Å². The van der Waals surface area contributed by atoms with Gasteiger partial charge in [0.2, 0.25) is 0 Å². The highest BCUT2D eigenvalue weighted by Crippen LogP contribution is 2.31. The van der Waals surface area contributed by atoms with Crippen LogP contribution in [-0.2, 0) is 6.42 Å². The number of nitrogens with zero attached hydrogens (tertiary/aromatic N) is 1. The Morgan fingerprint density at radius 2 is 2.21 bits per heavy atom. The molecule has 0 saturated carbocycles. The van der Waals surface area contributed by atoms with Crippen molar-refractivity contribution in [3.63, 3.8) is 0 Å². The summed E-state index contributed by atoms with van der Waals surface area (Å²) in [7, 11) is 0. The molecular formula is C9H7Cl2NS2. The molecule has 14 heavy (non-hydrogen) atoms. The van der Waals surface area contributed by atoms with Gasteiger partial charge < -0.3 is 0 Å². The van der Waals surface area contributed by atoms with Crippen molar-refractivity contribution in [3.05, 3.63) is 26.9 Å². The first kappa shape index (κ1) is 10.4. The van der Waals surface area contributed by atoms with E-state index in [-0.39, 0.29) is 0 Å². The summed E-state index contributed by atoms with van der Waals surface area (Å²) in [5.74, 6) is 0.623. The van der Waals surface area contributed by atoms with Crippen molar-refractivity contribution < 1.29 is 0 Å². The lowest BCUT2D eigenvalue weighted by atomic mass is 10.4. The maximum Gasteiger partial charge on any atom is 0.0944 e. The molecule has 2 aromatic heterocycles. The second-order valence-corrected chi connectivity index (χ2v) is 5.70. The first-order valence-electron chi connectivity index (χ1n) is 4.05. The zero-order chi connectivity index (χ0) is 9.97. The molecule has 0 spiro atoms. The van der Waals surface area contributed by atoms with Crippen molar-refractivity contribution in [1.82, 2.24) is 4.98 Å². The summed E-state index contributed by atoms with van der Waals surface area (Å²) in [4.78, 5) is 5.59. The van der Waals surface area contributed by atoms with Crippen LogP contribution in [0, 0.1) is 0 Å². The third-order valence-electron chi connectivity index (χ3n) is 1.69. The molecule has 0 fully saturated rings. The van der Waals surface area contributed by atoms with Gasteiger partial charge in [-0.3, -0.25) is 0 Å². The van der Waals surface area contributed by atoms with Crippen LogP contribution in [0.1, 0.15) is 5.01 Å². The molecular weight excluding hydrogens is 257 g/mol. The van der Waals surface area contributed by atoms with Crippen molar-refractivity contribution in [3.8, 4) is 10.6 Å². The topological polar surface area (TPSA) is 12.9 Å². The predicted molar refractivity (Wildman–Crippen MR) is 64.9 cm³/mol. The predicted octanol–water partition coefficient (Wildman–Crippen LogP) is 4.31. The van der Waals surface area contributed by atoms with Gasteiger partial charge in [0, 0.05) is 17.7 Å². The molecule has 0 aromatic carbocycles. The van der Waals surface area contributed by atoms with Crippen LogP contribution in [0.15, 0.2) is 17.5 Å². The molecule has 0 unspecified atom stereocenters. The highest BCUT2D eigenvalue weighted by molar-refractivity contribution is 7.19. The summed E-state index contributed by atoms with van der Waals surface area (Å²) in [6, 6.07) is 3.88. The molecule has 0 N–H and O–H groups in total. The summed E-state index contributed by atoms with van der Waals surface area (Å²) in [6.07, 6.45) is 0.839. The Hall–Kier alpha value is -0.0900. The number of thiazole rings is 1. The zero-order valence-corrected chi connectivity index (χ0v) is 10.3. The van der Waals surface area contributed by atoms with E-state index in [1.54, 1.807) is 22.7 Å². The monoisotopic (exact) mass is 263 g/mol. The van der Waals surface area contributed by atoms with Crippen LogP contribution in [0.5, 0.6) is 0 Å². The minimum Gasteiger partial charge on any atom is -0.240 e. The third-order valence-corrected chi connectivity index (χ3v) is 4.04. The van der Waals surface area contributed by atoms with Crippen LogP contribution in [0.4, 0.5) is 0 Å². The highest BCUT2D eigenvalue weighted by atomic mass is 35.5. The normalized spacial score (nSPS) is 10.7. The van der Waals surface area contributed by atoms with Crippen LogP contribution >= 0.6 is 45.9 Å². The van der Waals surface area contributed by atoms with E-state index in [1.165, 1.54) is 0 Å². The fourth-order valence-electron chi connectivity index (χ4n) is 1.07. The van der Waals surface area contributed by atoms with Crippen LogP contribution < -0.4 is 0 Å². The Bertz CT molecular complexity index is 422. The molecule has 0 atom stereocenters. The van der Waals surface area contributed by atoms with Crippen molar-refractivity contribution in [2.75, 3.05) is 5.88 Å². The number of aryl methyl sites for hydroxylation is 1. The van der Waals surface area contributed by atoms with Gasteiger partial charge in [0.25, 0.3) is 0 Å². The van der Waals surface area contributed by atoms with E-state index in [9.17, 15) is 0 Å². The van der Waals surface area contributed by atoms with E-state index >= 15 is 0 Å². The molecule has 0 radical (unpaired) electrons.